The van der Waals surface area contributed by atoms with E-state index in [9.17, 15) is 8.42 Å². The summed E-state index contributed by atoms with van der Waals surface area (Å²) >= 11 is 1.49. The minimum Gasteiger partial charge on any atom is -0.323 e. The molecular formula is C11H18N2O2S2. The van der Waals surface area contributed by atoms with Crippen molar-refractivity contribution in [2.24, 2.45) is 5.73 Å². The highest BCUT2D eigenvalue weighted by Gasteiger charge is 2.06. The number of hydrogen-bond acceptors (Lipinski definition) is 5. The first-order valence-corrected chi connectivity index (χ1v) is 8.49. The Morgan fingerprint density at radius 2 is 2.18 bits per heavy atom. The molecule has 96 valence electrons. The van der Waals surface area contributed by atoms with Crippen molar-refractivity contribution in [3.63, 3.8) is 0 Å². The van der Waals surface area contributed by atoms with Gasteiger partial charge in [0.15, 0.2) is 0 Å². The Labute approximate surface area is 107 Å². The normalized spacial score (nSPS) is 13.6. The summed E-state index contributed by atoms with van der Waals surface area (Å²) in [5, 5.41) is 0. The van der Waals surface area contributed by atoms with Gasteiger partial charge in [-0.05, 0) is 18.6 Å². The molecule has 0 amide bonds. The number of sulfone groups is 1. The molecule has 0 fully saturated rings. The highest BCUT2D eigenvalue weighted by Crippen LogP contribution is 2.19. The quantitative estimate of drug-likeness (QED) is 0.798. The molecule has 4 nitrogen and oxygen atoms in total. The fraction of sp³-hybridized carbons (Fsp3) is 0.545. The van der Waals surface area contributed by atoms with Crippen molar-refractivity contribution in [3.8, 4) is 0 Å². The molecule has 0 radical (unpaired) electrons. The standard InChI is InChI=1S/C11H18N2O2S2/c1-3-10(12)11-5-4-9(8-13-11)16-6-7-17(2,14)15/h4-5,8,10H,3,6-7,12H2,1-2H3. The molecule has 0 aliphatic rings. The topological polar surface area (TPSA) is 73.1 Å². The zero-order valence-electron chi connectivity index (χ0n) is 10.1. The van der Waals surface area contributed by atoms with Crippen molar-refractivity contribution in [2.75, 3.05) is 17.8 Å². The van der Waals surface area contributed by atoms with Crippen LogP contribution in [0.15, 0.2) is 23.2 Å². The second-order valence-electron chi connectivity index (χ2n) is 3.91. The molecule has 0 aromatic carbocycles. The third-order valence-corrected chi connectivity index (χ3v) is 4.49. The zero-order chi connectivity index (χ0) is 12.9. The van der Waals surface area contributed by atoms with Gasteiger partial charge in [0.1, 0.15) is 9.84 Å². The molecule has 0 spiro atoms. The van der Waals surface area contributed by atoms with Crippen LogP contribution < -0.4 is 5.73 Å². The van der Waals surface area contributed by atoms with E-state index in [1.54, 1.807) is 6.20 Å². The van der Waals surface area contributed by atoms with E-state index in [2.05, 4.69) is 4.98 Å². The molecule has 6 heteroatoms. The summed E-state index contributed by atoms with van der Waals surface area (Å²) < 4.78 is 21.9. The van der Waals surface area contributed by atoms with Gasteiger partial charge in [-0.25, -0.2) is 8.42 Å². The summed E-state index contributed by atoms with van der Waals surface area (Å²) in [6.07, 6.45) is 3.85. The van der Waals surface area contributed by atoms with E-state index in [1.165, 1.54) is 18.0 Å². The number of nitrogens with two attached hydrogens (primary N) is 1. The smallest absolute Gasteiger partial charge is 0.148 e. The molecule has 1 aromatic rings. The summed E-state index contributed by atoms with van der Waals surface area (Å²) in [5.41, 5.74) is 6.73. The average Bonchev–Trinajstić information content (AvgIpc) is 2.27. The van der Waals surface area contributed by atoms with Crippen molar-refractivity contribution in [3.05, 3.63) is 24.0 Å². The van der Waals surface area contributed by atoms with Gasteiger partial charge in [0.05, 0.1) is 11.4 Å². The van der Waals surface area contributed by atoms with E-state index in [-0.39, 0.29) is 11.8 Å². The van der Waals surface area contributed by atoms with Gasteiger partial charge in [-0.2, -0.15) is 0 Å². The van der Waals surface area contributed by atoms with Crippen molar-refractivity contribution < 1.29 is 8.42 Å². The van der Waals surface area contributed by atoms with Crippen LogP contribution in [0, 0.1) is 0 Å². The number of rotatable bonds is 6. The van der Waals surface area contributed by atoms with E-state index < -0.39 is 9.84 Å². The lowest BCUT2D eigenvalue weighted by Gasteiger charge is -2.08. The Morgan fingerprint density at radius 1 is 1.47 bits per heavy atom. The van der Waals surface area contributed by atoms with E-state index in [4.69, 9.17) is 5.73 Å². The molecule has 0 aliphatic heterocycles. The molecule has 2 N–H and O–H groups in total. The Hall–Kier alpha value is -0.590. The number of aromatic nitrogens is 1. The Bertz CT molecular complexity index is 443. The second-order valence-corrected chi connectivity index (χ2v) is 7.34. The average molecular weight is 274 g/mol. The first-order chi connectivity index (χ1) is 7.92. The van der Waals surface area contributed by atoms with Gasteiger partial charge in [0, 0.05) is 29.1 Å². The second kappa shape index (κ2) is 6.37. The number of hydrogen-bond donors (Lipinski definition) is 1. The van der Waals surface area contributed by atoms with Crippen LogP contribution in [0.25, 0.3) is 0 Å². The highest BCUT2D eigenvalue weighted by atomic mass is 32.2. The molecule has 1 atom stereocenters. The molecule has 0 saturated carbocycles. The van der Waals surface area contributed by atoms with Gasteiger partial charge in [0.2, 0.25) is 0 Å². The molecule has 1 unspecified atom stereocenters. The maximum Gasteiger partial charge on any atom is 0.148 e. The van der Waals surface area contributed by atoms with Crippen LogP contribution in [-0.4, -0.2) is 31.2 Å². The van der Waals surface area contributed by atoms with Crippen molar-refractivity contribution in [2.45, 2.75) is 24.3 Å². The molecule has 1 rings (SSSR count). The summed E-state index contributed by atoms with van der Waals surface area (Å²) in [5.74, 6) is 0.744. The van der Waals surface area contributed by atoms with Gasteiger partial charge in [-0.3, -0.25) is 4.98 Å². The van der Waals surface area contributed by atoms with E-state index in [1.807, 2.05) is 19.1 Å². The molecule has 0 aliphatic carbocycles. The van der Waals surface area contributed by atoms with Gasteiger partial charge >= 0.3 is 0 Å². The maximum absolute atomic E-state index is 11.0. The van der Waals surface area contributed by atoms with Crippen LogP contribution in [-0.2, 0) is 9.84 Å². The van der Waals surface area contributed by atoms with Crippen LogP contribution >= 0.6 is 11.8 Å². The summed E-state index contributed by atoms with van der Waals surface area (Å²) in [6.45, 7) is 2.01. The van der Waals surface area contributed by atoms with Gasteiger partial charge in [-0.1, -0.05) is 6.92 Å². The molecule has 1 heterocycles. The monoisotopic (exact) mass is 274 g/mol. The molecule has 1 aromatic heterocycles. The van der Waals surface area contributed by atoms with Crippen LogP contribution in [0.2, 0.25) is 0 Å². The van der Waals surface area contributed by atoms with Crippen LogP contribution in [0.4, 0.5) is 0 Å². The van der Waals surface area contributed by atoms with Gasteiger partial charge < -0.3 is 5.73 Å². The molecule has 17 heavy (non-hydrogen) atoms. The van der Waals surface area contributed by atoms with Crippen LogP contribution in [0.1, 0.15) is 25.1 Å². The van der Waals surface area contributed by atoms with Crippen molar-refractivity contribution >= 4 is 21.6 Å². The molecular weight excluding hydrogens is 256 g/mol. The third kappa shape index (κ3) is 5.52. The lowest BCUT2D eigenvalue weighted by molar-refractivity contribution is 0.603. The number of nitrogens with zero attached hydrogens (tertiary/aromatic N) is 1. The SMILES string of the molecule is CCC(N)c1ccc(SCCS(C)(=O)=O)cn1. The summed E-state index contributed by atoms with van der Waals surface area (Å²) in [6, 6.07) is 3.81. The Kier molecular flexibility index (Phi) is 5.42. The van der Waals surface area contributed by atoms with Gasteiger partial charge in [0.25, 0.3) is 0 Å². The predicted molar refractivity (Wildman–Crippen MR) is 71.9 cm³/mol. The first kappa shape index (κ1) is 14.5. The fourth-order valence-electron chi connectivity index (χ4n) is 1.22. The van der Waals surface area contributed by atoms with E-state index in [0.29, 0.717) is 5.75 Å². The number of thioether (sulfide) groups is 1. The van der Waals surface area contributed by atoms with Crippen molar-refractivity contribution in [1.82, 2.24) is 4.98 Å². The van der Waals surface area contributed by atoms with E-state index >= 15 is 0 Å². The Balaban J connectivity index is 2.51. The molecule has 0 bridgehead atoms. The third-order valence-electron chi connectivity index (χ3n) is 2.30. The largest absolute Gasteiger partial charge is 0.323 e. The summed E-state index contributed by atoms with van der Waals surface area (Å²) in [4.78, 5) is 5.24. The van der Waals surface area contributed by atoms with Crippen LogP contribution in [0.3, 0.4) is 0 Å². The van der Waals surface area contributed by atoms with Crippen molar-refractivity contribution in [1.29, 1.82) is 0 Å². The zero-order valence-corrected chi connectivity index (χ0v) is 11.7. The Morgan fingerprint density at radius 3 is 2.65 bits per heavy atom. The summed E-state index contributed by atoms with van der Waals surface area (Å²) in [7, 11) is -2.88. The first-order valence-electron chi connectivity index (χ1n) is 5.44. The fourth-order valence-corrected chi connectivity index (χ4v) is 3.29. The van der Waals surface area contributed by atoms with E-state index in [0.717, 1.165) is 17.0 Å². The molecule has 0 saturated heterocycles. The lowest BCUT2D eigenvalue weighted by atomic mass is 10.1. The predicted octanol–water partition coefficient (Wildman–Crippen LogP) is 1.63. The minimum atomic E-state index is -2.88. The maximum atomic E-state index is 11.0. The lowest BCUT2D eigenvalue weighted by Crippen LogP contribution is -2.10. The number of pyridine rings is 1. The van der Waals surface area contributed by atoms with Gasteiger partial charge in [-0.15, -0.1) is 11.8 Å². The van der Waals surface area contributed by atoms with Crippen LogP contribution in [0.5, 0.6) is 0 Å². The highest BCUT2D eigenvalue weighted by molar-refractivity contribution is 8.00. The minimum absolute atomic E-state index is 0.0231.